The summed E-state index contributed by atoms with van der Waals surface area (Å²) >= 11 is 2.03. The Hall–Kier alpha value is -0.830. The first-order chi connectivity index (χ1) is 6.79. The van der Waals surface area contributed by atoms with Crippen molar-refractivity contribution in [1.82, 2.24) is 0 Å². The summed E-state index contributed by atoms with van der Waals surface area (Å²) in [5, 5.41) is 0. The second kappa shape index (κ2) is 4.13. The van der Waals surface area contributed by atoms with Crippen LogP contribution in [0.2, 0.25) is 0 Å². The number of benzene rings is 1. The molecule has 1 aromatic rings. The average molecular weight is 208 g/mol. The van der Waals surface area contributed by atoms with Crippen LogP contribution in [-0.2, 0) is 0 Å². The lowest BCUT2D eigenvalue weighted by molar-refractivity contribution is 0.701. The molecule has 2 rings (SSSR count). The van der Waals surface area contributed by atoms with Crippen LogP contribution in [0.4, 0.5) is 11.4 Å². The van der Waals surface area contributed by atoms with Gasteiger partial charge in [0.2, 0.25) is 0 Å². The van der Waals surface area contributed by atoms with Crippen LogP contribution in [0.3, 0.4) is 0 Å². The zero-order chi connectivity index (χ0) is 9.97. The molecule has 1 aliphatic heterocycles. The van der Waals surface area contributed by atoms with E-state index in [-0.39, 0.29) is 0 Å². The van der Waals surface area contributed by atoms with Crippen LogP contribution in [0.1, 0.15) is 6.42 Å². The van der Waals surface area contributed by atoms with Gasteiger partial charge in [-0.25, -0.2) is 0 Å². The molecule has 0 aliphatic carbocycles. The molecule has 1 saturated heterocycles. The molecule has 0 amide bonds. The van der Waals surface area contributed by atoms with E-state index in [9.17, 15) is 0 Å². The molecule has 0 spiro atoms. The number of rotatable bonds is 2. The lowest BCUT2D eigenvalue weighted by Crippen LogP contribution is -2.31. The highest BCUT2D eigenvalue weighted by Gasteiger charge is 2.21. The van der Waals surface area contributed by atoms with E-state index in [0.29, 0.717) is 6.04 Å². The first-order valence-electron chi connectivity index (χ1n) is 4.94. The van der Waals surface area contributed by atoms with Crippen molar-refractivity contribution in [2.75, 3.05) is 29.2 Å². The van der Waals surface area contributed by atoms with Crippen molar-refractivity contribution in [3.8, 4) is 0 Å². The molecule has 1 atom stereocenters. The number of para-hydroxylation sites is 2. The molecule has 1 fully saturated rings. The zero-order valence-corrected chi connectivity index (χ0v) is 9.26. The van der Waals surface area contributed by atoms with E-state index in [0.717, 1.165) is 5.69 Å². The number of hydrogen-bond donors (Lipinski definition) is 1. The Morgan fingerprint density at radius 1 is 1.43 bits per heavy atom. The summed E-state index contributed by atoms with van der Waals surface area (Å²) in [5.41, 5.74) is 7.99. The van der Waals surface area contributed by atoms with Crippen molar-refractivity contribution in [2.24, 2.45) is 0 Å². The van der Waals surface area contributed by atoms with E-state index in [1.807, 2.05) is 30.0 Å². The maximum Gasteiger partial charge on any atom is 0.0600 e. The molecule has 0 saturated carbocycles. The van der Waals surface area contributed by atoms with E-state index in [1.165, 1.54) is 23.6 Å². The third-order valence-corrected chi connectivity index (χ3v) is 3.91. The van der Waals surface area contributed by atoms with Gasteiger partial charge in [0.15, 0.2) is 0 Å². The Labute approximate surface area is 89.5 Å². The fraction of sp³-hybridized carbons (Fsp3) is 0.455. The van der Waals surface area contributed by atoms with Crippen molar-refractivity contribution < 1.29 is 0 Å². The Kier molecular flexibility index (Phi) is 2.87. The Morgan fingerprint density at radius 3 is 2.86 bits per heavy atom. The van der Waals surface area contributed by atoms with Gasteiger partial charge in [-0.1, -0.05) is 12.1 Å². The predicted molar refractivity (Wildman–Crippen MR) is 65.0 cm³/mol. The van der Waals surface area contributed by atoms with Gasteiger partial charge in [0.1, 0.15) is 0 Å². The van der Waals surface area contributed by atoms with Gasteiger partial charge in [0.25, 0.3) is 0 Å². The summed E-state index contributed by atoms with van der Waals surface area (Å²) in [5.74, 6) is 2.51. The lowest BCUT2D eigenvalue weighted by atomic mass is 10.2. The lowest BCUT2D eigenvalue weighted by Gasteiger charge is -2.27. The number of hydrogen-bond acceptors (Lipinski definition) is 3. The van der Waals surface area contributed by atoms with Gasteiger partial charge < -0.3 is 10.6 Å². The summed E-state index contributed by atoms with van der Waals surface area (Å²) in [4.78, 5) is 2.31. The van der Waals surface area contributed by atoms with Gasteiger partial charge in [-0.15, -0.1) is 0 Å². The van der Waals surface area contributed by atoms with E-state index in [1.54, 1.807) is 0 Å². The zero-order valence-electron chi connectivity index (χ0n) is 8.44. The van der Waals surface area contributed by atoms with E-state index >= 15 is 0 Å². The topological polar surface area (TPSA) is 29.3 Å². The second-order valence-corrected chi connectivity index (χ2v) is 4.84. The van der Waals surface area contributed by atoms with Gasteiger partial charge in [-0.2, -0.15) is 11.8 Å². The molecule has 1 aliphatic rings. The predicted octanol–water partition coefficient (Wildman–Crippen LogP) is 2.21. The van der Waals surface area contributed by atoms with Crippen LogP contribution >= 0.6 is 11.8 Å². The monoisotopic (exact) mass is 208 g/mol. The van der Waals surface area contributed by atoms with Crippen molar-refractivity contribution >= 4 is 23.1 Å². The van der Waals surface area contributed by atoms with Crippen LogP contribution < -0.4 is 10.6 Å². The van der Waals surface area contributed by atoms with Crippen molar-refractivity contribution in [3.05, 3.63) is 24.3 Å². The van der Waals surface area contributed by atoms with Crippen LogP contribution in [0.15, 0.2) is 24.3 Å². The van der Waals surface area contributed by atoms with E-state index in [2.05, 4.69) is 18.0 Å². The largest absolute Gasteiger partial charge is 0.397 e. The molecule has 0 unspecified atom stereocenters. The van der Waals surface area contributed by atoms with Gasteiger partial charge in [-0.05, 0) is 24.3 Å². The summed E-state index contributed by atoms with van der Waals surface area (Å²) in [6.07, 6.45) is 1.27. The number of nitrogens with two attached hydrogens (primary N) is 1. The fourth-order valence-corrected chi connectivity index (χ4v) is 3.10. The van der Waals surface area contributed by atoms with Crippen LogP contribution in [0, 0.1) is 0 Å². The minimum absolute atomic E-state index is 0.657. The molecular formula is C11H16N2S. The van der Waals surface area contributed by atoms with Gasteiger partial charge in [0.05, 0.1) is 11.4 Å². The molecule has 1 aromatic carbocycles. The van der Waals surface area contributed by atoms with Crippen molar-refractivity contribution in [3.63, 3.8) is 0 Å². The molecule has 0 aromatic heterocycles. The quantitative estimate of drug-likeness (QED) is 0.756. The first-order valence-corrected chi connectivity index (χ1v) is 6.09. The van der Waals surface area contributed by atoms with Crippen LogP contribution in [-0.4, -0.2) is 24.6 Å². The maximum absolute atomic E-state index is 5.94. The van der Waals surface area contributed by atoms with Gasteiger partial charge in [0, 0.05) is 18.8 Å². The summed E-state index contributed by atoms with van der Waals surface area (Å²) < 4.78 is 0. The first kappa shape index (κ1) is 9.71. The Morgan fingerprint density at radius 2 is 2.21 bits per heavy atom. The molecule has 3 heteroatoms. The number of nitrogens with zero attached hydrogens (tertiary/aromatic N) is 1. The highest BCUT2D eigenvalue weighted by atomic mass is 32.2. The van der Waals surface area contributed by atoms with Crippen LogP contribution in [0.25, 0.3) is 0 Å². The molecule has 2 nitrogen and oxygen atoms in total. The second-order valence-electron chi connectivity index (χ2n) is 3.69. The molecule has 2 N–H and O–H groups in total. The SMILES string of the molecule is CN(c1ccccc1N)[C@H]1CCSC1. The summed E-state index contributed by atoms with van der Waals surface area (Å²) in [6.45, 7) is 0. The van der Waals surface area contributed by atoms with Crippen molar-refractivity contribution in [1.29, 1.82) is 0 Å². The molecule has 14 heavy (non-hydrogen) atoms. The highest BCUT2D eigenvalue weighted by Crippen LogP contribution is 2.29. The standard InChI is InChI=1S/C11H16N2S/c1-13(9-6-7-14-8-9)11-5-3-2-4-10(11)12/h2-5,9H,6-8,12H2,1H3/t9-/m0/s1. The van der Waals surface area contributed by atoms with Crippen molar-refractivity contribution in [2.45, 2.75) is 12.5 Å². The van der Waals surface area contributed by atoms with E-state index in [4.69, 9.17) is 5.73 Å². The third-order valence-electron chi connectivity index (χ3n) is 2.77. The average Bonchev–Trinajstić information content (AvgIpc) is 2.70. The molecular weight excluding hydrogens is 192 g/mol. The third kappa shape index (κ3) is 1.82. The Bertz CT molecular complexity index is 308. The highest BCUT2D eigenvalue weighted by molar-refractivity contribution is 7.99. The summed E-state index contributed by atoms with van der Waals surface area (Å²) in [6, 6.07) is 8.75. The number of thioether (sulfide) groups is 1. The summed E-state index contributed by atoms with van der Waals surface area (Å²) in [7, 11) is 2.14. The molecule has 76 valence electrons. The normalized spacial score (nSPS) is 21.1. The maximum atomic E-state index is 5.94. The molecule has 0 radical (unpaired) electrons. The minimum Gasteiger partial charge on any atom is -0.397 e. The number of nitrogen functional groups attached to an aromatic ring is 1. The Balaban J connectivity index is 2.17. The smallest absolute Gasteiger partial charge is 0.0600 e. The number of anilines is 2. The fourth-order valence-electron chi connectivity index (χ4n) is 1.83. The molecule has 0 bridgehead atoms. The van der Waals surface area contributed by atoms with E-state index < -0.39 is 0 Å². The van der Waals surface area contributed by atoms with Gasteiger partial charge in [-0.3, -0.25) is 0 Å². The minimum atomic E-state index is 0.657. The van der Waals surface area contributed by atoms with Crippen LogP contribution in [0.5, 0.6) is 0 Å². The van der Waals surface area contributed by atoms with Gasteiger partial charge >= 0.3 is 0 Å². The molecule has 1 heterocycles.